The summed E-state index contributed by atoms with van der Waals surface area (Å²) < 4.78 is 16.6. The predicted molar refractivity (Wildman–Crippen MR) is 94.9 cm³/mol. The molecule has 6 heteroatoms. The molecule has 6 nitrogen and oxygen atoms in total. The van der Waals surface area contributed by atoms with Crippen molar-refractivity contribution < 1.29 is 19.0 Å². The average molecular weight is 358 g/mol. The van der Waals surface area contributed by atoms with Crippen molar-refractivity contribution in [1.82, 2.24) is 10.2 Å². The summed E-state index contributed by atoms with van der Waals surface area (Å²) in [6.07, 6.45) is 3.11. The standard InChI is InChI=1S/C20H26N2O4/c23-19(21-7-14-1-2-14)6-20-11-22(9-16(20)10-24-12-20)8-15-3-4-17-18(5-15)26-13-25-17/h3-5,14,16H,1-2,6-13H2,(H,21,23)/t16-,20+/m1/s1. The molecule has 0 unspecified atom stereocenters. The molecule has 2 atom stereocenters. The van der Waals surface area contributed by atoms with E-state index in [2.05, 4.69) is 22.3 Å². The highest BCUT2D eigenvalue weighted by atomic mass is 16.7. The third kappa shape index (κ3) is 3.16. The van der Waals surface area contributed by atoms with E-state index in [-0.39, 0.29) is 11.3 Å². The first-order valence-electron chi connectivity index (χ1n) is 9.66. The maximum absolute atomic E-state index is 12.4. The van der Waals surface area contributed by atoms with E-state index in [1.165, 1.54) is 18.4 Å². The maximum atomic E-state index is 12.4. The van der Waals surface area contributed by atoms with Crippen LogP contribution in [0.5, 0.6) is 11.5 Å². The Hall–Kier alpha value is -1.79. The summed E-state index contributed by atoms with van der Waals surface area (Å²) >= 11 is 0. The number of nitrogens with one attached hydrogen (secondary N) is 1. The third-order valence-electron chi connectivity index (χ3n) is 6.23. The highest BCUT2D eigenvalue weighted by Crippen LogP contribution is 2.44. The van der Waals surface area contributed by atoms with E-state index in [0.29, 0.717) is 25.7 Å². The maximum Gasteiger partial charge on any atom is 0.231 e. The fourth-order valence-electron chi connectivity index (χ4n) is 4.57. The molecule has 1 aromatic rings. The van der Waals surface area contributed by atoms with Crippen molar-refractivity contribution in [3.8, 4) is 11.5 Å². The summed E-state index contributed by atoms with van der Waals surface area (Å²) in [4.78, 5) is 14.9. The second-order valence-electron chi connectivity index (χ2n) is 8.36. The van der Waals surface area contributed by atoms with Gasteiger partial charge in [0.2, 0.25) is 12.7 Å². The smallest absolute Gasteiger partial charge is 0.231 e. The van der Waals surface area contributed by atoms with Crippen molar-refractivity contribution >= 4 is 5.91 Å². The number of hydrogen-bond donors (Lipinski definition) is 1. The van der Waals surface area contributed by atoms with Crippen LogP contribution < -0.4 is 14.8 Å². The van der Waals surface area contributed by atoms with Gasteiger partial charge in [0.15, 0.2) is 11.5 Å². The zero-order chi connectivity index (χ0) is 17.6. The van der Waals surface area contributed by atoms with Crippen molar-refractivity contribution in [2.45, 2.75) is 25.8 Å². The van der Waals surface area contributed by atoms with E-state index < -0.39 is 0 Å². The number of hydrogen-bond acceptors (Lipinski definition) is 5. The molecule has 5 rings (SSSR count). The van der Waals surface area contributed by atoms with Crippen LogP contribution in [0.4, 0.5) is 0 Å². The molecule has 1 N–H and O–H groups in total. The van der Waals surface area contributed by atoms with E-state index in [1.54, 1.807) is 0 Å². The molecule has 26 heavy (non-hydrogen) atoms. The van der Waals surface area contributed by atoms with Gasteiger partial charge in [-0.1, -0.05) is 6.07 Å². The molecule has 3 heterocycles. The lowest BCUT2D eigenvalue weighted by molar-refractivity contribution is -0.123. The molecule has 1 saturated carbocycles. The number of ether oxygens (including phenoxy) is 3. The van der Waals surface area contributed by atoms with E-state index in [0.717, 1.165) is 50.2 Å². The van der Waals surface area contributed by atoms with E-state index in [9.17, 15) is 4.79 Å². The topological polar surface area (TPSA) is 60.0 Å². The zero-order valence-corrected chi connectivity index (χ0v) is 15.0. The Morgan fingerprint density at radius 1 is 1.27 bits per heavy atom. The minimum absolute atomic E-state index is 0.0238. The van der Waals surface area contributed by atoms with Gasteiger partial charge < -0.3 is 19.5 Å². The van der Waals surface area contributed by atoms with Crippen LogP contribution in [0.25, 0.3) is 0 Å². The molecule has 1 aliphatic carbocycles. The number of benzene rings is 1. The summed E-state index contributed by atoms with van der Waals surface area (Å²) in [5, 5.41) is 3.13. The molecular weight excluding hydrogens is 332 g/mol. The number of likely N-dealkylation sites (tertiary alicyclic amines) is 1. The lowest BCUT2D eigenvalue weighted by atomic mass is 9.78. The summed E-state index contributed by atoms with van der Waals surface area (Å²) in [5.41, 5.74) is 1.20. The summed E-state index contributed by atoms with van der Waals surface area (Å²) in [7, 11) is 0. The molecule has 140 valence electrons. The SMILES string of the molecule is O=C(C[C@]12COC[C@H]1CN(Cc1ccc3c(c1)OCO3)C2)NCC1CC1. The first-order chi connectivity index (χ1) is 12.7. The lowest BCUT2D eigenvalue weighted by Gasteiger charge is -2.26. The van der Waals surface area contributed by atoms with Crippen LogP contribution in [0, 0.1) is 17.3 Å². The molecule has 0 spiro atoms. The van der Waals surface area contributed by atoms with E-state index in [4.69, 9.17) is 14.2 Å². The first kappa shape index (κ1) is 16.4. The van der Waals surface area contributed by atoms with Crippen LogP contribution in [0.3, 0.4) is 0 Å². The van der Waals surface area contributed by atoms with Crippen LogP contribution in [-0.2, 0) is 16.1 Å². The van der Waals surface area contributed by atoms with Crippen LogP contribution in [0.15, 0.2) is 18.2 Å². The van der Waals surface area contributed by atoms with Gasteiger partial charge in [0.05, 0.1) is 13.2 Å². The Morgan fingerprint density at radius 2 is 2.15 bits per heavy atom. The van der Waals surface area contributed by atoms with Gasteiger partial charge in [0.1, 0.15) is 0 Å². The molecule has 3 fully saturated rings. The Morgan fingerprint density at radius 3 is 3.04 bits per heavy atom. The lowest BCUT2D eigenvalue weighted by Crippen LogP contribution is -2.38. The largest absolute Gasteiger partial charge is 0.454 e. The second kappa shape index (κ2) is 6.43. The molecule has 4 aliphatic rings. The van der Waals surface area contributed by atoms with Gasteiger partial charge in [-0.15, -0.1) is 0 Å². The Kier molecular flexibility index (Phi) is 4.05. The van der Waals surface area contributed by atoms with Gasteiger partial charge in [0, 0.05) is 43.9 Å². The van der Waals surface area contributed by atoms with E-state index in [1.807, 2.05) is 6.07 Å². The van der Waals surface area contributed by atoms with Gasteiger partial charge in [-0.05, 0) is 36.5 Å². The van der Waals surface area contributed by atoms with Crippen molar-refractivity contribution in [3.63, 3.8) is 0 Å². The summed E-state index contributed by atoms with van der Waals surface area (Å²) in [6, 6.07) is 6.16. The Bertz CT molecular complexity index is 705. The van der Waals surface area contributed by atoms with Crippen molar-refractivity contribution in [2.24, 2.45) is 17.3 Å². The first-order valence-corrected chi connectivity index (χ1v) is 9.66. The fourth-order valence-corrected chi connectivity index (χ4v) is 4.57. The highest BCUT2D eigenvalue weighted by molar-refractivity contribution is 5.77. The quantitative estimate of drug-likeness (QED) is 0.840. The molecule has 0 bridgehead atoms. The molecule has 1 amide bonds. The molecule has 1 aromatic carbocycles. The van der Waals surface area contributed by atoms with E-state index >= 15 is 0 Å². The predicted octanol–water partition coefficient (Wildman–Crippen LogP) is 1.78. The van der Waals surface area contributed by atoms with Gasteiger partial charge in [0.25, 0.3) is 0 Å². The number of nitrogens with zero attached hydrogens (tertiary/aromatic N) is 1. The number of amides is 1. The van der Waals surface area contributed by atoms with Gasteiger partial charge >= 0.3 is 0 Å². The van der Waals surface area contributed by atoms with Crippen LogP contribution >= 0.6 is 0 Å². The normalized spacial score (nSPS) is 29.8. The number of carbonyl (C=O) groups excluding carboxylic acids is 1. The number of rotatable bonds is 6. The summed E-state index contributed by atoms with van der Waals surface area (Å²) in [6.45, 7) is 5.41. The van der Waals surface area contributed by atoms with Gasteiger partial charge in [-0.25, -0.2) is 0 Å². The minimum atomic E-state index is -0.0238. The van der Waals surface area contributed by atoms with Crippen molar-refractivity contribution in [1.29, 1.82) is 0 Å². The highest BCUT2D eigenvalue weighted by Gasteiger charge is 2.51. The second-order valence-corrected chi connectivity index (χ2v) is 8.36. The average Bonchev–Trinajstić information content (AvgIpc) is 3.05. The minimum Gasteiger partial charge on any atom is -0.454 e. The van der Waals surface area contributed by atoms with Crippen molar-refractivity contribution in [2.75, 3.05) is 39.6 Å². The van der Waals surface area contributed by atoms with Crippen LogP contribution in [0.2, 0.25) is 0 Å². The molecule has 0 aromatic heterocycles. The fraction of sp³-hybridized carbons (Fsp3) is 0.650. The molecule has 3 aliphatic heterocycles. The Labute approximate surface area is 153 Å². The Balaban J connectivity index is 1.22. The number of fused-ring (bicyclic) bond motifs is 2. The zero-order valence-electron chi connectivity index (χ0n) is 15.0. The van der Waals surface area contributed by atoms with Gasteiger partial charge in [-0.3, -0.25) is 9.69 Å². The monoisotopic (exact) mass is 358 g/mol. The number of carbonyl (C=O) groups is 1. The van der Waals surface area contributed by atoms with Gasteiger partial charge in [-0.2, -0.15) is 0 Å². The molecular formula is C20H26N2O4. The third-order valence-corrected chi connectivity index (χ3v) is 6.23. The van der Waals surface area contributed by atoms with Crippen LogP contribution in [-0.4, -0.2) is 50.4 Å². The van der Waals surface area contributed by atoms with Crippen LogP contribution in [0.1, 0.15) is 24.8 Å². The molecule has 2 saturated heterocycles. The summed E-state index contributed by atoms with van der Waals surface area (Å²) in [5.74, 6) is 3.02. The van der Waals surface area contributed by atoms with Crippen molar-refractivity contribution in [3.05, 3.63) is 23.8 Å². The molecule has 0 radical (unpaired) electrons.